The van der Waals surface area contributed by atoms with Crippen LogP contribution in [0.2, 0.25) is 10.0 Å². The van der Waals surface area contributed by atoms with Gasteiger partial charge in [-0.05, 0) is 0 Å². The molecule has 0 bridgehead atoms. The standard InChI is InChI=1S/C5HCl2F2NO/c6-1-3(11)2(7)5(9)10-4(1)8/h(H,10,11). The Kier molecular flexibility index (Phi) is 2.15. The van der Waals surface area contributed by atoms with Gasteiger partial charge in [0.25, 0.3) is 0 Å². The van der Waals surface area contributed by atoms with Crippen LogP contribution >= 0.6 is 23.2 Å². The van der Waals surface area contributed by atoms with E-state index in [-0.39, 0.29) is 0 Å². The highest BCUT2D eigenvalue weighted by atomic mass is 35.5. The average Bonchev–Trinajstić information content (AvgIpc) is 1.97. The number of aromatic nitrogens is 1. The maximum Gasteiger partial charge on any atom is 0.224 e. The van der Waals surface area contributed by atoms with E-state index >= 15 is 0 Å². The van der Waals surface area contributed by atoms with Crippen LogP contribution in [0, 0.1) is 11.9 Å². The van der Waals surface area contributed by atoms with Crippen LogP contribution < -0.4 is 5.43 Å². The zero-order chi connectivity index (χ0) is 8.59. The second-order valence-electron chi connectivity index (χ2n) is 1.71. The maximum absolute atomic E-state index is 12.3. The number of halogens is 4. The number of aromatic amines is 1. The van der Waals surface area contributed by atoms with Gasteiger partial charge in [-0.3, -0.25) is 4.79 Å². The molecule has 0 spiro atoms. The normalized spacial score (nSPS) is 10.2. The summed E-state index contributed by atoms with van der Waals surface area (Å²) in [6.45, 7) is 0. The van der Waals surface area contributed by atoms with Crippen LogP contribution in [0.15, 0.2) is 4.79 Å². The lowest BCUT2D eigenvalue weighted by Gasteiger charge is -1.95. The van der Waals surface area contributed by atoms with Gasteiger partial charge in [0.2, 0.25) is 17.3 Å². The third-order valence-corrected chi connectivity index (χ3v) is 1.68. The largest absolute Gasteiger partial charge is 0.306 e. The van der Waals surface area contributed by atoms with Crippen LogP contribution in [0.25, 0.3) is 0 Å². The Morgan fingerprint density at radius 3 is 1.82 bits per heavy atom. The highest BCUT2D eigenvalue weighted by Crippen LogP contribution is 2.13. The molecule has 0 amide bonds. The molecular weight excluding hydrogens is 199 g/mol. The lowest BCUT2D eigenvalue weighted by Crippen LogP contribution is -2.09. The van der Waals surface area contributed by atoms with Crippen LogP contribution in [0.5, 0.6) is 0 Å². The third kappa shape index (κ3) is 1.36. The Morgan fingerprint density at radius 1 is 1.09 bits per heavy atom. The van der Waals surface area contributed by atoms with Crippen molar-refractivity contribution in [2.24, 2.45) is 0 Å². The summed E-state index contributed by atoms with van der Waals surface area (Å²) in [4.78, 5) is 12.2. The van der Waals surface area contributed by atoms with Crippen molar-refractivity contribution in [1.29, 1.82) is 0 Å². The van der Waals surface area contributed by atoms with E-state index in [2.05, 4.69) is 0 Å². The molecule has 0 saturated carbocycles. The fourth-order valence-corrected chi connectivity index (χ4v) is 0.834. The van der Waals surface area contributed by atoms with Crippen molar-refractivity contribution >= 4 is 23.2 Å². The first-order valence-corrected chi connectivity index (χ1v) is 3.22. The number of nitrogens with one attached hydrogen (secondary N) is 1. The van der Waals surface area contributed by atoms with Gasteiger partial charge in [0.05, 0.1) is 0 Å². The average molecular weight is 200 g/mol. The smallest absolute Gasteiger partial charge is 0.224 e. The molecule has 1 heterocycles. The molecule has 0 aliphatic rings. The fourth-order valence-electron chi connectivity index (χ4n) is 0.502. The Morgan fingerprint density at radius 2 is 1.45 bits per heavy atom. The van der Waals surface area contributed by atoms with E-state index < -0.39 is 27.4 Å². The topological polar surface area (TPSA) is 32.9 Å². The molecule has 0 fully saturated rings. The quantitative estimate of drug-likeness (QED) is 0.638. The van der Waals surface area contributed by atoms with Gasteiger partial charge in [-0.25, -0.2) is 0 Å². The minimum atomic E-state index is -1.22. The molecule has 2 nitrogen and oxygen atoms in total. The molecule has 0 saturated heterocycles. The van der Waals surface area contributed by atoms with Gasteiger partial charge in [-0.2, -0.15) is 8.78 Å². The number of pyridine rings is 1. The summed E-state index contributed by atoms with van der Waals surface area (Å²) in [6.07, 6.45) is 0. The van der Waals surface area contributed by atoms with Crippen LogP contribution in [-0.2, 0) is 0 Å². The molecule has 1 aromatic rings. The van der Waals surface area contributed by atoms with Crippen molar-refractivity contribution < 1.29 is 8.78 Å². The van der Waals surface area contributed by atoms with Gasteiger partial charge < -0.3 is 4.98 Å². The van der Waals surface area contributed by atoms with Crippen LogP contribution in [0.1, 0.15) is 0 Å². The SMILES string of the molecule is O=c1c(Cl)c(F)[nH]c(F)c1Cl. The summed E-state index contributed by atoms with van der Waals surface area (Å²) in [5.41, 5.74) is -1.05. The van der Waals surface area contributed by atoms with Crippen molar-refractivity contribution in [3.63, 3.8) is 0 Å². The molecular formula is C5HCl2F2NO. The third-order valence-electron chi connectivity index (χ3n) is 1.00. The predicted molar refractivity (Wildman–Crippen MR) is 37.0 cm³/mol. The van der Waals surface area contributed by atoms with Crippen molar-refractivity contribution in [1.82, 2.24) is 4.98 Å². The van der Waals surface area contributed by atoms with Crippen LogP contribution in [-0.4, -0.2) is 4.98 Å². The highest BCUT2D eigenvalue weighted by Gasteiger charge is 2.12. The van der Waals surface area contributed by atoms with Gasteiger partial charge >= 0.3 is 0 Å². The summed E-state index contributed by atoms with van der Waals surface area (Å²) in [6, 6.07) is 0. The molecule has 0 atom stereocenters. The zero-order valence-corrected chi connectivity index (χ0v) is 6.43. The molecule has 1 aromatic heterocycles. The van der Waals surface area contributed by atoms with Crippen molar-refractivity contribution in [3.8, 4) is 0 Å². The molecule has 60 valence electrons. The van der Waals surface area contributed by atoms with E-state index in [0.29, 0.717) is 0 Å². The summed E-state index contributed by atoms with van der Waals surface area (Å²) in [5.74, 6) is -2.45. The van der Waals surface area contributed by atoms with E-state index in [9.17, 15) is 13.6 Å². The summed E-state index contributed by atoms with van der Waals surface area (Å²) in [7, 11) is 0. The molecule has 11 heavy (non-hydrogen) atoms. The Bertz CT molecular complexity index is 320. The number of hydrogen-bond acceptors (Lipinski definition) is 1. The molecule has 1 N–H and O–H groups in total. The molecule has 0 aliphatic heterocycles. The van der Waals surface area contributed by atoms with Crippen LogP contribution in [0.4, 0.5) is 8.78 Å². The van der Waals surface area contributed by atoms with Crippen molar-refractivity contribution in [2.45, 2.75) is 0 Å². The second kappa shape index (κ2) is 2.79. The first-order chi connectivity index (χ1) is 5.04. The summed E-state index contributed by atoms with van der Waals surface area (Å²) in [5, 5.41) is -1.48. The molecule has 0 radical (unpaired) electrons. The summed E-state index contributed by atoms with van der Waals surface area (Å²) < 4.78 is 24.7. The monoisotopic (exact) mass is 199 g/mol. The van der Waals surface area contributed by atoms with Crippen LogP contribution in [0.3, 0.4) is 0 Å². The molecule has 0 aromatic carbocycles. The minimum absolute atomic E-state index is 0.739. The van der Waals surface area contributed by atoms with E-state index in [1.54, 1.807) is 4.98 Å². The van der Waals surface area contributed by atoms with Gasteiger partial charge in [0, 0.05) is 0 Å². The first-order valence-electron chi connectivity index (χ1n) is 2.46. The lowest BCUT2D eigenvalue weighted by atomic mass is 10.4. The van der Waals surface area contributed by atoms with Gasteiger partial charge in [-0.1, -0.05) is 23.2 Å². The van der Waals surface area contributed by atoms with Gasteiger partial charge in [0.15, 0.2) is 0 Å². The van der Waals surface area contributed by atoms with Crippen molar-refractivity contribution in [2.75, 3.05) is 0 Å². The minimum Gasteiger partial charge on any atom is -0.306 e. The Balaban J connectivity index is 3.59. The first kappa shape index (κ1) is 8.49. The molecule has 0 aliphatic carbocycles. The Hall–Kier alpha value is -0.610. The van der Waals surface area contributed by atoms with E-state index in [0.717, 1.165) is 0 Å². The molecule has 1 rings (SSSR count). The second-order valence-corrected chi connectivity index (χ2v) is 2.47. The van der Waals surface area contributed by atoms with Gasteiger partial charge in [0.1, 0.15) is 10.0 Å². The van der Waals surface area contributed by atoms with E-state index in [4.69, 9.17) is 23.2 Å². The fraction of sp³-hybridized carbons (Fsp3) is 0. The number of hydrogen-bond donors (Lipinski definition) is 1. The highest BCUT2D eigenvalue weighted by molar-refractivity contribution is 6.34. The van der Waals surface area contributed by atoms with Crippen molar-refractivity contribution in [3.05, 3.63) is 32.2 Å². The van der Waals surface area contributed by atoms with E-state index in [1.807, 2.05) is 0 Å². The molecule has 6 heteroatoms. The lowest BCUT2D eigenvalue weighted by molar-refractivity contribution is 0.511. The number of rotatable bonds is 0. The van der Waals surface area contributed by atoms with Gasteiger partial charge in [-0.15, -0.1) is 0 Å². The molecule has 0 unspecified atom stereocenters. The summed E-state index contributed by atoms with van der Waals surface area (Å²) >= 11 is 10.2. The maximum atomic E-state index is 12.3. The van der Waals surface area contributed by atoms with E-state index in [1.165, 1.54) is 0 Å². The zero-order valence-electron chi connectivity index (χ0n) is 4.92. The Labute approximate surface area is 69.8 Å². The number of H-pyrrole nitrogens is 1. The predicted octanol–water partition coefficient (Wildman–Crippen LogP) is 1.96.